The predicted molar refractivity (Wildman–Crippen MR) is 102 cm³/mol. The molecule has 3 aromatic rings. The number of hydrogen-bond donors (Lipinski definition) is 1. The minimum atomic E-state index is -4.38. The van der Waals surface area contributed by atoms with Gasteiger partial charge in [-0.1, -0.05) is 17.5 Å². The number of hydrogen-bond acceptors (Lipinski definition) is 2. The summed E-state index contributed by atoms with van der Waals surface area (Å²) in [6.07, 6.45) is -2.86. The van der Waals surface area contributed by atoms with Crippen LogP contribution in [-0.4, -0.2) is 9.97 Å². The molecule has 0 bridgehead atoms. The molecule has 0 saturated carbocycles. The molecular weight excluding hydrogens is 389 g/mol. The number of nitrogens with zero attached hydrogens (tertiary/aromatic N) is 1. The number of rotatable bonds is 1. The van der Waals surface area contributed by atoms with E-state index >= 15 is 0 Å². The van der Waals surface area contributed by atoms with Crippen molar-refractivity contribution in [3.8, 4) is 23.0 Å². The highest BCUT2D eigenvalue weighted by Gasteiger charge is 2.29. The van der Waals surface area contributed by atoms with E-state index < -0.39 is 11.7 Å². The van der Waals surface area contributed by atoms with Gasteiger partial charge in [-0.15, -0.1) is 0 Å². The zero-order valence-electron chi connectivity index (χ0n) is 14.9. The summed E-state index contributed by atoms with van der Waals surface area (Å²) in [5.41, 5.74) is 2.18. The molecule has 0 atom stereocenters. The van der Waals surface area contributed by atoms with Crippen molar-refractivity contribution in [2.45, 2.75) is 20.0 Å². The number of pyridine rings is 2. The van der Waals surface area contributed by atoms with Gasteiger partial charge in [0.25, 0.3) is 0 Å². The largest absolute Gasteiger partial charge is 0.416 e. The van der Waals surface area contributed by atoms with Crippen molar-refractivity contribution in [3.05, 3.63) is 86.0 Å². The molecule has 3 rings (SSSR count). The van der Waals surface area contributed by atoms with Gasteiger partial charge in [0.05, 0.1) is 11.1 Å². The molecule has 0 radical (unpaired) electrons. The number of alkyl halides is 3. The number of aromatic nitrogens is 2. The van der Waals surface area contributed by atoms with Crippen molar-refractivity contribution in [1.82, 2.24) is 9.97 Å². The maximum absolute atomic E-state index is 12.6. The lowest BCUT2D eigenvalue weighted by Crippen LogP contribution is -2.11. The number of halogens is 4. The van der Waals surface area contributed by atoms with Gasteiger partial charge in [-0.2, -0.15) is 13.2 Å². The maximum Gasteiger partial charge on any atom is 0.416 e. The molecule has 0 unspecified atom stereocenters. The van der Waals surface area contributed by atoms with Crippen LogP contribution in [0, 0.1) is 25.7 Å². The van der Waals surface area contributed by atoms with Gasteiger partial charge in [-0.3, -0.25) is 4.79 Å². The Kier molecular flexibility index (Phi) is 5.30. The van der Waals surface area contributed by atoms with Crippen molar-refractivity contribution in [3.63, 3.8) is 0 Å². The minimum Gasteiger partial charge on any atom is -0.361 e. The summed E-state index contributed by atoms with van der Waals surface area (Å²) < 4.78 is 37.7. The Balaban J connectivity index is 1.87. The first kappa shape index (κ1) is 19.7. The monoisotopic (exact) mass is 402 g/mol. The number of aryl methyl sites for hydroxylation is 2. The van der Waals surface area contributed by atoms with E-state index in [1.807, 2.05) is 0 Å². The third-order valence-corrected chi connectivity index (χ3v) is 4.56. The first-order chi connectivity index (χ1) is 13.2. The number of H-pyrrole nitrogens is 1. The lowest BCUT2D eigenvalue weighted by Gasteiger charge is -2.08. The van der Waals surface area contributed by atoms with Gasteiger partial charge in [0.2, 0.25) is 5.43 Å². The van der Waals surface area contributed by atoms with Gasteiger partial charge in [0.1, 0.15) is 10.7 Å². The normalized spacial score (nSPS) is 11.1. The van der Waals surface area contributed by atoms with E-state index in [1.165, 1.54) is 18.3 Å². The van der Waals surface area contributed by atoms with Crippen LogP contribution in [0.4, 0.5) is 13.2 Å². The Hall–Kier alpha value is -3.04. The molecular formula is C21H14ClF3N2O. The molecule has 0 spiro atoms. The summed E-state index contributed by atoms with van der Waals surface area (Å²) in [4.78, 5) is 19.7. The molecule has 2 heterocycles. The number of aromatic amines is 1. The van der Waals surface area contributed by atoms with E-state index in [9.17, 15) is 18.0 Å². The Morgan fingerprint density at radius 2 is 1.68 bits per heavy atom. The van der Waals surface area contributed by atoms with Crippen LogP contribution >= 0.6 is 11.6 Å². The molecule has 0 aliphatic carbocycles. The summed E-state index contributed by atoms with van der Waals surface area (Å²) in [5.74, 6) is 5.56. The first-order valence-corrected chi connectivity index (χ1v) is 8.59. The van der Waals surface area contributed by atoms with Crippen LogP contribution in [0.3, 0.4) is 0 Å². The Morgan fingerprint density at radius 1 is 1.00 bits per heavy atom. The molecule has 0 saturated heterocycles. The number of nitrogens with one attached hydrogen (secondary N) is 1. The summed E-state index contributed by atoms with van der Waals surface area (Å²) in [5, 5.41) is 0.131. The van der Waals surface area contributed by atoms with Crippen LogP contribution in [0.25, 0.3) is 11.1 Å². The molecule has 2 aromatic heterocycles. The molecule has 0 fully saturated rings. The second-order valence-electron chi connectivity index (χ2n) is 6.15. The lowest BCUT2D eigenvalue weighted by atomic mass is 10.0. The predicted octanol–water partition coefficient (Wildman–Crippen LogP) is 5.13. The molecule has 1 N–H and O–H groups in total. The fourth-order valence-electron chi connectivity index (χ4n) is 2.69. The van der Waals surface area contributed by atoms with Gasteiger partial charge >= 0.3 is 6.18 Å². The summed E-state index contributed by atoms with van der Waals surface area (Å²) in [7, 11) is 0. The van der Waals surface area contributed by atoms with Crippen LogP contribution < -0.4 is 5.43 Å². The van der Waals surface area contributed by atoms with Gasteiger partial charge in [-0.25, -0.2) is 4.98 Å². The standard InChI is InChI=1S/C21H14ClF3N2O/c1-12-18(20(28)19(22)13(2)27-12)15-6-10-17(26-11-15)9-5-14-3-7-16(8-4-14)21(23,24)25/h3-4,6-8,10-11H,1-2H3,(H,27,28). The highest BCUT2D eigenvalue weighted by molar-refractivity contribution is 6.31. The topological polar surface area (TPSA) is 45.8 Å². The summed E-state index contributed by atoms with van der Waals surface area (Å²) >= 11 is 6.04. The fourth-order valence-corrected chi connectivity index (χ4v) is 2.83. The molecule has 142 valence electrons. The van der Waals surface area contributed by atoms with Crippen LogP contribution in [0.1, 0.15) is 28.2 Å². The highest BCUT2D eigenvalue weighted by atomic mass is 35.5. The smallest absolute Gasteiger partial charge is 0.361 e. The molecule has 1 aromatic carbocycles. The van der Waals surface area contributed by atoms with E-state index in [0.717, 1.165) is 12.1 Å². The molecule has 0 amide bonds. The van der Waals surface area contributed by atoms with E-state index in [4.69, 9.17) is 11.6 Å². The SMILES string of the molecule is Cc1[nH]c(C)c(-c2ccc(C#Cc3ccc(C(F)(F)F)cc3)nc2)c(=O)c1Cl. The zero-order valence-corrected chi connectivity index (χ0v) is 15.7. The van der Waals surface area contributed by atoms with Gasteiger partial charge < -0.3 is 4.98 Å². The van der Waals surface area contributed by atoms with Crippen LogP contribution in [0.5, 0.6) is 0 Å². The molecule has 3 nitrogen and oxygen atoms in total. The second-order valence-corrected chi connectivity index (χ2v) is 6.53. The zero-order chi connectivity index (χ0) is 20.5. The van der Waals surface area contributed by atoms with Crippen molar-refractivity contribution in [2.24, 2.45) is 0 Å². The van der Waals surface area contributed by atoms with Crippen molar-refractivity contribution < 1.29 is 13.2 Å². The first-order valence-electron chi connectivity index (χ1n) is 8.21. The average Bonchev–Trinajstić information content (AvgIpc) is 2.65. The Labute approximate surface area is 164 Å². The third-order valence-electron chi connectivity index (χ3n) is 4.10. The quantitative estimate of drug-likeness (QED) is 0.574. The highest BCUT2D eigenvalue weighted by Crippen LogP contribution is 2.29. The number of benzene rings is 1. The molecule has 0 aliphatic heterocycles. The van der Waals surface area contributed by atoms with Gasteiger partial charge in [0, 0.05) is 28.7 Å². The van der Waals surface area contributed by atoms with E-state index in [-0.39, 0.29) is 10.5 Å². The van der Waals surface area contributed by atoms with Crippen LogP contribution in [0.2, 0.25) is 5.02 Å². The Bertz CT molecular complexity index is 1140. The van der Waals surface area contributed by atoms with E-state index in [0.29, 0.717) is 33.8 Å². The minimum absolute atomic E-state index is 0.131. The molecule has 0 aliphatic rings. The summed E-state index contributed by atoms with van der Waals surface area (Å²) in [6, 6.07) is 7.92. The van der Waals surface area contributed by atoms with Crippen molar-refractivity contribution in [2.75, 3.05) is 0 Å². The van der Waals surface area contributed by atoms with Crippen LogP contribution in [0.15, 0.2) is 47.4 Å². The van der Waals surface area contributed by atoms with E-state index in [1.54, 1.807) is 26.0 Å². The molecule has 7 heteroatoms. The van der Waals surface area contributed by atoms with Gasteiger partial charge in [0.15, 0.2) is 0 Å². The fraction of sp³-hybridized carbons (Fsp3) is 0.143. The summed E-state index contributed by atoms with van der Waals surface area (Å²) in [6.45, 7) is 3.50. The van der Waals surface area contributed by atoms with Gasteiger partial charge in [-0.05, 0) is 56.2 Å². The van der Waals surface area contributed by atoms with E-state index in [2.05, 4.69) is 21.8 Å². The molecule has 28 heavy (non-hydrogen) atoms. The average molecular weight is 403 g/mol. The lowest BCUT2D eigenvalue weighted by molar-refractivity contribution is -0.137. The third kappa shape index (κ3) is 4.10. The van der Waals surface area contributed by atoms with Crippen LogP contribution in [-0.2, 0) is 6.18 Å². The maximum atomic E-state index is 12.6. The Morgan fingerprint density at radius 3 is 2.25 bits per heavy atom. The second kappa shape index (κ2) is 7.53. The van der Waals surface area contributed by atoms with Crippen molar-refractivity contribution >= 4 is 11.6 Å². The van der Waals surface area contributed by atoms with Crippen molar-refractivity contribution in [1.29, 1.82) is 0 Å².